The maximum Gasteiger partial charge on any atom is 0.340 e. The zero-order valence-corrected chi connectivity index (χ0v) is 16.2. The Labute approximate surface area is 161 Å². The van der Waals surface area contributed by atoms with Gasteiger partial charge in [0.05, 0.1) is 17.9 Å². The van der Waals surface area contributed by atoms with Crippen LogP contribution in [0.15, 0.2) is 36.0 Å². The third-order valence-corrected chi connectivity index (χ3v) is 3.66. The predicted octanol–water partition coefficient (Wildman–Crippen LogP) is 2.53. The molecule has 0 unspecified atom stereocenters. The van der Waals surface area contributed by atoms with E-state index in [0.717, 1.165) is 25.8 Å². The molecule has 0 atom stereocenters. The quantitative estimate of drug-likeness (QED) is 0.268. The minimum Gasteiger partial charge on any atom is -0.462 e. The lowest BCUT2D eigenvalue weighted by molar-refractivity contribution is -0.112. The molecule has 1 amide bonds. The van der Waals surface area contributed by atoms with E-state index >= 15 is 0 Å². The smallest absolute Gasteiger partial charge is 0.340 e. The van der Waals surface area contributed by atoms with Crippen molar-refractivity contribution in [2.45, 2.75) is 26.2 Å². The van der Waals surface area contributed by atoms with E-state index in [1.165, 1.54) is 6.20 Å². The van der Waals surface area contributed by atoms with Gasteiger partial charge in [0, 0.05) is 12.7 Å². The molecule has 0 aliphatic heterocycles. The number of para-hydroxylation sites is 1. The summed E-state index contributed by atoms with van der Waals surface area (Å²) in [6, 6.07) is 8.46. The van der Waals surface area contributed by atoms with Crippen molar-refractivity contribution in [1.29, 1.82) is 5.26 Å². The highest BCUT2D eigenvalue weighted by atomic mass is 16.5. The zero-order valence-electron chi connectivity index (χ0n) is 16.2. The molecule has 146 valence electrons. The first-order valence-corrected chi connectivity index (χ1v) is 9.05. The molecule has 0 saturated carbocycles. The van der Waals surface area contributed by atoms with Gasteiger partial charge in [-0.15, -0.1) is 0 Å². The number of carbonyl (C=O) groups excluding carboxylic acids is 2. The van der Waals surface area contributed by atoms with Gasteiger partial charge in [0.1, 0.15) is 11.6 Å². The van der Waals surface area contributed by atoms with E-state index in [1.807, 2.05) is 27.1 Å². The number of ether oxygens (including phenoxy) is 1. The molecule has 0 saturated heterocycles. The first-order valence-electron chi connectivity index (χ1n) is 9.05. The number of nitrogens with one attached hydrogen (secondary N) is 2. The van der Waals surface area contributed by atoms with E-state index < -0.39 is 11.9 Å². The van der Waals surface area contributed by atoms with Gasteiger partial charge in [-0.3, -0.25) is 4.79 Å². The van der Waals surface area contributed by atoms with Gasteiger partial charge in [-0.1, -0.05) is 25.5 Å². The standard InChI is InChI=1S/C20H28N4O3/c1-4-5-13-27-20(26)17-9-6-7-10-18(17)23-19(25)16(14-21)15-22-11-8-12-24(2)3/h6-7,9-10,15,22H,4-5,8,11-13H2,1-3H3,(H,23,25)/b16-15-. The number of hydrogen-bond acceptors (Lipinski definition) is 6. The first-order chi connectivity index (χ1) is 13.0. The highest BCUT2D eigenvalue weighted by Gasteiger charge is 2.16. The molecule has 0 bridgehead atoms. The fourth-order valence-electron chi connectivity index (χ4n) is 2.17. The largest absolute Gasteiger partial charge is 0.462 e. The van der Waals surface area contributed by atoms with Gasteiger partial charge in [0.2, 0.25) is 0 Å². The second kappa shape index (κ2) is 12.5. The Morgan fingerprint density at radius 1 is 1.26 bits per heavy atom. The van der Waals surface area contributed by atoms with Gasteiger partial charge in [-0.2, -0.15) is 5.26 Å². The number of anilines is 1. The number of rotatable bonds is 11. The molecular formula is C20H28N4O3. The monoisotopic (exact) mass is 372 g/mol. The molecule has 0 aliphatic rings. The molecule has 0 fully saturated rings. The van der Waals surface area contributed by atoms with Gasteiger partial charge in [-0.05, 0) is 45.6 Å². The van der Waals surface area contributed by atoms with Gasteiger partial charge in [-0.25, -0.2) is 4.79 Å². The number of hydrogen-bond donors (Lipinski definition) is 2. The van der Waals surface area contributed by atoms with Crippen LogP contribution >= 0.6 is 0 Å². The normalized spacial score (nSPS) is 11.0. The Hall–Kier alpha value is -2.85. The lowest BCUT2D eigenvalue weighted by atomic mass is 10.1. The van der Waals surface area contributed by atoms with Crippen molar-refractivity contribution in [2.75, 3.05) is 39.1 Å². The van der Waals surface area contributed by atoms with Crippen LogP contribution in [-0.2, 0) is 9.53 Å². The molecule has 7 nitrogen and oxygen atoms in total. The Morgan fingerprint density at radius 3 is 2.67 bits per heavy atom. The minimum absolute atomic E-state index is 0.0611. The van der Waals surface area contributed by atoms with Crippen molar-refractivity contribution < 1.29 is 14.3 Å². The van der Waals surface area contributed by atoms with Crippen molar-refractivity contribution in [3.63, 3.8) is 0 Å². The van der Waals surface area contributed by atoms with Crippen LogP contribution in [0.5, 0.6) is 0 Å². The SMILES string of the molecule is CCCCOC(=O)c1ccccc1NC(=O)/C(C#N)=C\NCCCN(C)C. The number of nitrogens with zero attached hydrogens (tertiary/aromatic N) is 2. The second-order valence-electron chi connectivity index (χ2n) is 6.27. The number of amides is 1. The molecule has 0 aliphatic carbocycles. The molecule has 0 heterocycles. The van der Waals surface area contributed by atoms with Crippen molar-refractivity contribution in [3.8, 4) is 6.07 Å². The van der Waals surface area contributed by atoms with Crippen LogP contribution in [0, 0.1) is 11.3 Å². The molecule has 27 heavy (non-hydrogen) atoms. The van der Waals surface area contributed by atoms with Crippen LogP contribution in [0.2, 0.25) is 0 Å². The van der Waals surface area contributed by atoms with E-state index in [-0.39, 0.29) is 11.1 Å². The third-order valence-electron chi connectivity index (χ3n) is 3.66. The summed E-state index contributed by atoms with van der Waals surface area (Å²) in [5.74, 6) is -1.07. The summed E-state index contributed by atoms with van der Waals surface area (Å²) in [4.78, 5) is 26.6. The van der Waals surface area contributed by atoms with Crippen molar-refractivity contribution >= 4 is 17.6 Å². The van der Waals surface area contributed by atoms with Gasteiger partial charge in [0.15, 0.2) is 0 Å². The van der Waals surface area contributed by atoms with Crippen LogP contribution in [0.3, 0.4) is 0 Å². The van der Waals surface area contributed by atoms with Gasteiger partial charge in [0.25, 0.3) is 5.91 Å². The average Bonchev–Trinajstić information content (AvgIpc) is 2.64. The molecule has 7 heteroatoms. The molecular weight excluding hydrogens is 344 g/mol. The predicted molar refractivity (Wildman–Crippen MR) is 105 cm³/mol. The highest BCUT2D eigenvalue weighted by Crippen LogP contribution is 2.17. The summed E-state index contributed by atoms with van der Waals surface area (Å²) in [6.07, 6.45) is 3.98. The van der Waals surface area contributed by atoms with E-state index in [4.69, 9.17) is 4.74 Å². The molecule has 1 aromatic rings. The van der Waals surface area contributed by atoms with Crippen molar-refractivity contribution in [3.05, 3.63) is 41.6 Å². The Kier molecular flexibility index (Phi) is 10.3. The van der Waals surface area contributed by atoms with Crippen LogP contribution in [-0.4, -0.2) is 50.6 Å². The van der Waals surface area contributed by atoms with Crippen molar-refractivity contribution in [1.82, 2.24) is 10.2 Å². The number of esters is 1. The van der Waals surface area contributed by atoms with Crippen LogP contribution < -0.4 is 10.6 Å². The molecule has 1 aromatic carbocycles. The number of unbranched alkanes of at least 4 members (excludes halogenated alkanes) is 1. The fraction of sp³-hybridized carbons (Fsp3) is 0.450. The fourth-order valence-corrected chi connectivity index (χ4v) is 2.17. The number of carbonyl (C=O) groups is 2. The van der Waals surface area contributed by atoms with Crippen LogP contribution in [0.25, 0.3) is 0 Å². The molecule has 0 radical (unpaired) electrons. The lowest BCUT2D eigenvalue weighted by Crippen LogP contribution is -2.21. The molecule has 0 spiro atoms. The zero-order chi connectivity index (χ0) is 20.1. The summed E-state index contributed by atoms with van der Waals surface area (Å²) in [7, 11) is 3.96. The molecule has 1 rings (SSSR count). The third kappa shape index (κ3) is 8.38. The first kappa shape index (κ1) is 22.2. The van der Waals surface area contributed by atoms with E-state index in [0.29, 0.717) is 18.8 Å². The Balaban J connectivity index is 2.71. The van der Waals surface area contributed by atoms with Gasteiger partial charge >= 0.3 is 5.97 Å². The summed E-state index contributed by atoms with van der Waals surface area (Å²) in [6.45, 7) is 3.89. The van der Waals surface area contributed by atoms with Crippen LogP contribution in [0.4, 0.5) is 5.69 Å². The Bertz CT molecular complexity index is 693. The highest BCUT2D eigenvalue weighted by molar-refractivity contribution is 6.09. The lowest BCUT2D eigenvalue weighted by Gasteiger charge is -2.11. The molecule has 2 N–H and O–H groups in total. The van der Waals surface area contributed by atoms with E-state index in [1.54, 1.807) is 24.3 Å². The summed E-state index contributed by atoms with van der Waals surface area (Å²) >= 11 is 0. The Morgan fingerprint density at radius 2 is 2.00 bits per heavy atom. The number of nitriles is 1. The summed E-state index contributed by atoms with van der Waals surface area (Å²) in [5.41, 5.74) is 0.518. The van der Waals surface area contributed by atoms with E-state index in [9.17, 15) is 14.9 Å². The summed E-state index contributed by atoms with van der Waals surface area (Å²) < 4.78 is 5.20. The topological polar surface area (TPSA) is 94.5 Å². The van der Waals surface area contributed by atoms with Crippen LogP contribution in [0.1, 0.15) is 36.5 Å². The maximum absolute atomic E-state index is 12.3. The maximum atomic E-state index is 12.3. The summed E-state index contributed by atoms with van der Waals surface area (Å²) in [5, 5.41) is 14.8. The number of benzene rings is 1. The van der Waals surface area contributed by atoms with E-state index in [2.05, 4.69) is 15.5 Å². The second-order valence-corrected chi connectivity index (χ2v) is 6.27. The van der Waals surface area contributed by atoms with Gasteiger partial charge < -0.3 is 20.3 Å². The average molecular weight is 372 g/mol. The van der Waals surface area contributed by atoms with Crippen molar-refractivity contribution in [2.24, 2.45) is 0 Å². The molecule has 0 aromatic heterocycles. The minimum atomic E-state index is -0.577.